The van der Waals surface area contributed by atoms with Crippen molar-refractivity contribution in [3.05, 3.63) is 48.0 Å². The first-order valence-corrected chi connectivity index (χ1v) is 7.38. The highest BCUT2D eigenvalue weighted by Gasteiger charge is 2.31. The molecule has 21 heavy (non-hydrogen) atoms. The van der Waals surface area contributed by atoms with Gasteiger partial charge >= 0.3 is 6.03 Å². The number of rotatable bonds is 4. The summed E-state index contributed by atoms with van der Waals surface area (Å²) in [7, 11) is 0. The molecule has 110 valence electrons. The zero-order chi connectivity index (χ0) is 14.8. The molecule has 1 aliphatic rings. The number of aryl methyl sites for hydroxylation is 2. The maximum Gasteiger partial charge on any atom is 0.325 e. The Morgan fingerprint density at radius 1 is 1.24 bits per heavy atom. The predicted octanol–water partition coefficient (Wildman–Crippen LogP) is 2.07. The molecule has 2 heterocycles. The van der Waals surface area contributed by atoms with Crippen LogP contribution in [0.1, 0.15) is 18.3 Å². The lowest BCUT2D eigenvalue weighted by Gasteiger charge is -2.18. The van der Waals surface area contributed by atoms with Crippen LogP contribution in [-0.2, 0) is 13.1 Å². The average Bonchev–Trinajstić information content (AvgIpc) is 3.05. The summed E-state index contributed by atoms with van der Waals surface area (Å²) in [6, 6.07) is 9.95. The number of carbonyl (C=O) groups is 1. The quantitative estimate of drug-likeness (QED) is 0.859. The first-order valence-electron chi connectivity index (χ1n) is 7.38. The number of H-pyrrole nitrogens is 1. The van der Waals surface area contributed by atoms with E-state index in [1.165, 1.54) is 5.69 Å². The normalized spacial score (nSPS) is 15.0. The van der Waals surface area contributed by atoms with Gasteiger partial charge in [0, 0.05) is 25.7 Å². The molecule has 0 aliphatic carbocycles. The van der Waals surface area contributed by atoms with Gasteiger partial charge in [-0.25, -0.2) is 14.3 Å². The van der Waals surface area contributed by atoms with Crippen LogP contribution >= 0.6 is 0 Å². The van der Waals surface area contributed by atoms with Gasteiger partial charge in [0.05, 0.1) is 13.1 Å². The fourth-order valence-corrected chi connectivity index (χ4v) is 2.80. The zero-order valence-electron chi connectivity index (χ0n) is 12.5. The molecule has 1 fully saturated rings. The van der Waals surface area contributed by atoms with Gasteiger partial charge in [0.25, 0.3) is 0 Å². The highest BCUT2D eigenvalue weighted by Crippen LogP contribution is 2.21. The molecule has 0 unspecified atom stereocenters. The van der Waals surface area contributed by atoms with Crippen molar-refractivity contribution in [2.45, 2.75) is 26.9 Å². The molecule has 0 atom stereocenters. The van der Waals surface area contributed by atoms with Crippen molar-refractivity contribution < 1.29 is 9.36 Å². The summed E-state index contributed by atoms with van der Waals surface area (Å²) in [5.41, 5.74) is 3.28. The topological polar surface area (TPSA) is 43.2 Å². The number of nitrogens with zero attached hydrogens (tertiary/aromatic N) is 3. The van der Waals surface area contributed by atoms with Gasteiger partial charge in [-0.15, -0.1) is 0 Å². The van der Waals surface area contributed by atoms with Crippen LogP contribution in [0.2, 0.25) is 0 Å². The standard InChI is InChI=1S/C16H20N4O/c1-3-18-12-17-13(2)15(18)11-19-9-10-20(16(19)21)14-7-5-4-6-8-14/h4-8,12H,3,9-11H2,1-2H3/p+1. The molecule has 0 saturated carbocycles. The third kappa shape index (κ3) is 2.51. The van der Waals surface area contributed by atoms with Crippen molar-refractivity contribution in [1.82, 2.24) is 9.88 Å². The van der Waals surface area contributed by atoms with Gasteiger partial charge in [0.1, 0.15) is 5.69 Å². The van der Waals surface area contributed by atoms with Gasteiger partial charge in [-0.2, -0.15) is 0 Å². The van der Waals surface area contributed by atoms with Crippen LogP contribution < -0.4 is 9.47 Å². The lowest BCUT2D eigenvalue weighted by molar-refractivity contribution is -0.700. The Hall–Kier alpha value is -2.30. The molecule has 1 saturated heterocycles. The van der Waals surface area contributed by atoms with E-state index in [0.29, 0.717) is 6.54 Å². The number of anilines is 1. The average molecular weight is 285 g/mol. The van der Waals surface area contributed by atoms with Crippen molar-refractivity contribution in [2.24, 2.45) is 0 Å². The second-order valence-corrected chi connectivity index (χ2v) is 5.32. The van der Waals surface area contributed by atoms with Crippen LogP contribution in [0.4, 0.5) is 10.5 Å². The molecule has 5 nitrogen and oxygen atoms in total. The number of para-hydroxylation sites is 1. The van der Waals surface area contributed by atoms with Gasteiger partial charge < -0.3 is 4.90 Å². The maximum atomic E-state index is 12.6. The Morgan fingerprint density at radius 2 is 2.00 bits per heavy atom. The van der Waals surface area contributed by atoms with Gasteiger partial charge in [-0.1, -0.05) is 18.2 Å². The van der Waals surface area contributed by atoms with Crippen LogP contribution in [0, 0.1) is 6.92 Å². The van der Waals surface area contributed by atoms with Gasteiger partial charge in [-0.3, -0.25) is 4.90 Å². The summed E-state index contributed by atoms with van der Waals surface area (Å²) in [5.74, 6) is 0. The third-order valence-electron chi connectivity index (χ3n) is 4.06. The molecule has 1 aliphatic heterocycles. The predicted molar refractivity (Wildman–Crippen MR) is 81.0 cm³/mol. The van der Waals surface area contributed by atoms with Crippen LogP contribution in [0.3, 0.4) is 0 Å². The molecule has 1 aromatic carbocycles. The number of hydrogen-bond donors (Lipinski definition) is 1. The highest BCUT2D eigenvalue weighted by molar-refractivity contribution is 5.94. The lowest BCUT2D eigenvalue weighted by atomic mass is 10.3. The summed E-state index contributed by atoms with van der Waals surface area (Å²) < 4.78 is 2.16. The van der Waals surface area contributed by atoms with E-state index in [1.807, 2.05) is 46.5 Å². The SMILES string of the molecule is CC[n+]1c[nH]c(C)c1CN1CCN(c2ccccc2)C1=O. The van der Waals surface area contributed by atoms with Crippen molar-refractivity contribution in [3.63, 3.8) is 0 Å². The van der Waals surface area contributed by atoms with Crippen molar-refractivity contribution in [2.75, 3.05) is 18.0 Å². The van der Waals surface area contributed by atoms with E-state index in [9.17, 15) is 4.79 Å². The molecular formula is C16H21N4O+. The highest BCUT2D eigenvalue weighted by atomic mass is 16.2. The van der Waals surface area contributed by atoms with Gasteiger partial charge in [-0.05, 0) is 19.1 Å². The number of carbonyl (C=O) groups excluding carboxylic acids is 1. The summed E-state index contributed by atoms with van der Waals surface area (Å²) in [5, 5.41) is 0. The number of nitrogens with one attached hydrogen (secondary N) is 1. The lowest BCUT2D eigenvalue weighted by Crippen LogP contribution is -2.39. The molecule has 0 radical (unpaired) electrons. The number of aromatic amines is 1. The van der Waals surface area contributed by atoms with Crippen LogP contribution in [0.25, 0.3) is 0 Å². The summed E-state index contributed by atoms with van der Waals surface area (Å²) in [6.07, 6.45) is 1.97. The van der Waals surface area contributed by atoms with Crippen molar-refractivity contribution >= 4 is 11.7 Å². The summed E-state index contributed by atoms with van der Waals surface area (Å²) >= 11 is 0. The van der Waals surface area contributed by atoms with Crippen molar-refractivity contribution in [3.8, 4) is 0 Å². The van der Waals surface area contributed by atoms with Gasteiger partial charge in [0.2, 0.25) is 6.33 Å². The molecule has 2 aromatic rings. The van der Waals surface area contributed by atoms with E-state index in [4.69, 9.17) is 0 Å². The van der Waals surface area contributed by atoms with E-state index in [1.54, 1.807) is 0 Å². The third-order valence-corrected chi connectivity index (χ3v) is 4.06. The van der Waals surface area contributed by atoms with E-state index in [0.717, 1.165) is 31.0 Å². The monoisotopic (exact) mass is 285 g/mol. The number of urea groups is 1. The number of imidazole rings is 1. The molecular weight excluding hydrogens is 264 g/mol. The minimum atomic E-state index is 0.0875. The minimum Gasteiger partial charge on any atom is -0.314 e. The Bertz CT molecular complexity index is 635. The van der Waals surface area contributed by atoms with E-state index >= 15 is 0 Å². The minimum absolute atomic E-state index is 0.0875. The molecule has 0 spiro atoms. The first kappa shape index (κ1) is 13.7. The van der Waals surface area contributed by atoms with Crippen LogP contribution in [0.15, 0.2) is 36.7 Å². The fraction of sp³-hybridized carbons (Fsp3) is 0.375. The van der Waals surface area contributed by atoms with Crippen molar-refractivity contribution in [1.29, 1.82) is 0 Å². The Kier molecular flexibility index (Phi) is 3.64. The van der Waals surface area contributed by atoms with E-state index < -0.39 is 0 Å². The second-order valence-electron chi connectivity index (χ2n) is 5.32. The Morgan fingerprint density at radius 3 is 2.71 bits per heavy atom. The largest absolute Gasteiger partial charge is 0.325 e. The Labute approximate surface area is 124 Å². The fourth-order valence-electron chi connectivity index (χ4n) is 2.80. The molecule has 1 N–H and O–H groups in total. The number of aromatic nitrogens is 2. The maximum absolute atomic E-state index is 12.6. The zero-order valence-corrected chi connectivity index (χ0v) is 12.5. The second kappa shape index (κ2) is 5.60. The Balaban J connectivity index is 1.77. The van der Waals surface area contributed by atoms with E-state index in [-0.39, 0.29) is 6.03 Å². The van der Waals surface area contributed by atoms with Gasteiger partial charge in [0.15, 0.2) is 5.69 Å². The molecule has 2 amide bonds. The molecule has 3 rings (SSSR count). The molecule has 5 heteroatoms. The number of benzene rings is 1. The van der Waals surface area contributed by atoms with E-state index in [2.05, 4.69) is 23.4 Å². The number of amides is 2. The first-order chi connectivity index (χ1) is 10.2. The molecule has 1 aromatic heterocycles. The van der Waals surface area contributed by atoms with Crippen LogP contribution in [-0.4, -0.2) is 29.0 Å². The summed E-state index contributed by atoms with van der Waals surface area (Å²) in [6.45, 7) is 7.24. The number of hydrogen-bond acceptors (Lipinski definition) is 1. The molecule has 0 bridgehead atoms. The smallest absolute Gasteiger partial charge is 0.314 e. The summed E-state index contributed by atoms with van der Waals surface area (Å²) in [4.78, 5) is 19.6. The van der Waals surface area contributed by atoms with Crippen LogP contribution in [0.5, 0.6) is 0 Å².